The fourth-order valence-electron chi connectivity index (χ4n) is 2.92. The molecule has 2 fully saturated rings. The number of hydrogen-bond donors (Lipinski definition) is 1. The monoisotopic (exact) mass is 356 g/mol. The fourth-order valence-corrected chi connectivity index (χ4v) is 2.92. The molecule has 0 radical (unpaired) electrons. The Labute approximate surface area is 148 Å². The third-order valence-corrected chi connectivity index (χ3v) is 4.26. The zero-order valence-corrected chi connectivity index (χ0v) is 14.8. The van der Waals surface area contributed by atoms with Gasteiger partial charge >= 0.3 is 0 Å². The SMILES string of the molecule is CNCC(=O)N1CCN(c2cc(N3CCOCC3)ncn2)CC1.Cl. The zero-order chi connectivity index (χ0) is 16.1. The highest BCUT2D eigenvalue weighted by Crippen LogP contribution is 2.19. The summed E-state index contributed by atoms with van der Waals surface area (Å²) in [5, 5.41) is 2.91. The molecule has 1 amide bonds. The molecule has 9 heteroatoms. The Hall–Kier alpha value is -1.64. The molecule has 0 atom stereocenters. The third-order valence-electron chi connectivity index (χ3n) is 4.26. The van der Waals surface area contributed by atoms with Crippen LogP contribution in [-0.2, 0) is 9.53 Å². The summed E-state index contributed by atoms with van der Waals surface area (Å²) in [6.07, 6.45) is 1.62. The van der Waals surface area contributed by atoms with Crippen LogP contribution in [0.4, 0.5) is 11.6 Å². The van der Waals surface area contributed by atoms with Crippen LogP contribution in [0.15, 0.2) is 12.4 Å². The maximum atomic E-state index is 11.9. The molecule has 0 unspecified atom stereocenters. The predicted octanol–water partition coefficient (Wildman–Crippen LogP) is -0.397. The van der Waals surface area contributed by atoms with Gasteiger partial charge in [-0.25, -0.2) is 9.97 Å². The topological polar surface area (TPSA) is 73.8 Å². The molecule has 3 rings (SSSR count). The van der Waals surface area contributed by atoms with E-state index < -0.39 is 0 Å². The van der Waals surface area contributed by atoms with Gasteiger partial charge in [0.25, 0.3) is 0 Å². The lowest BCUT2D eigenvalue weighted by Crippen LogP contribution is -2.50. The lowest BCUT2D eigenvalue weighted by atomic mass is 10.3. The molecule has 2 saturated heterocycles. The van der Waals surface area contributed by atoms with Crippen molar-refractivity contribution in [2.24, 2.45) is 0 Å². The molecular formula is C15H25ClN6O2. The highest BCUT2D eigenvalue weighted by molar-refractivity contribution is 5.85. The summed E-state index contributed by atoms with van der Waals surface area (Å²) in [5.74, 6) is 2.04. The highest BCUT2D eigenvalue weighted by Gasteiger charge is 2.22. The average Bonchev–Trinajstić information content (AvgIpc) is 2.63. The molecule has 0 spiro atoms. The van der Waals surface area contributed by atoms with E-state index in [4.69, 9.17) is 4.74 Å². The first-order valence-electron chi connectivity index (χ1n) is 8.10. The second kappa shape index (κ2) is 9.00. The van der Waals surface area contributed by atoms with Crippen LogP contribution in [0.1, 0.15) is 0 Å². The van der Waals surface area contributed by atoms with Crippen molar-refractivity contribution >= 4 is 29.9 Å². The Balaban J connectivity index is 0.00000208. The summed E-state index contributed by atoms with van der Waals surface area (Å²) >= 11 is 0. The minimum atomic E-state index is 0. The van der Waals surface area contributed by atoms with Crippen molar-refractivity contribution in [2.45, 2.75) is 0 Å². The number of rotatable bonds is 4. The van der Waals surface area contributed by atoms with Gasteiger partial charge in [-0.15, -0.1) is 12.4 Å². The first-order chi connectivity index (χ1) is 11.3. The molecule has 8 nitrogen and oxygen atoms in total. The van der Waals surface area contributed by atoms with Crippen LogP contribution in [0.2, 0.25) is 0 Å². The highest BCUT2D eigenvalue weighted by atomic mass is 35.5. The van der Waals surface area contributed by atoms with Gasteiger partial charge in [-0.1, -0.05) is 0 Å². The molecule has 3 heterocycles. The van der Waals surface area contributed by atoms with Crippen LogP contribution < -0.4 is 15.1 Å². The van der Waals surface area contributed by atoms with Crippen LogP contribution >= 0.6 is 12.4 Å². The van der Waals surface area contributed by atoms with E-state index in [0.29, 0.717) is 6.54 Å². The first kappa shape index (κ1) is 18.7. The normalized spacial score (nSPS) is 18.3. The minimum absolute atomic E-state index is 0. The second-order valence-corrected chi connectivity index (χ2v) is 5.73. The molecule has 2 aliphatic rings. The summed E-state index contributed by atoms with van der Waals surface area (Å²) in [5.41, 5.74) is 0. The number of hydrogen-bond acceptors (Lipinski definition) is 7. The maximum absolute atomic E-state index is 11.9. The quantitative estimate of drug-likeness (QED) is 0.787. The van der Waals surface area contributed by atoms with Crippen molar-refractivity contribution in [1.29, 1.82) is 0 Å². The van der Waals surface area contributed by atoms with Crippen LogP contribution in [-0.4, -0.2) is 86.8 Å². The van der Waals surface area contributed by atoms with E-state index in [0.717, 1.165) is 64.1 Å². The van der Waals surface area contributed by atoms with Crippen LogP contribution in [0.3, 0.4) is 0 Å². The molecule has 0 aliphatic carbocycles. The fraction of sp³-hybridized carbons (Fsp3) is 0.667. The van der Waals surface area contributed by atoms with Gasteiger partial charge in [0.2, 0.25) is 5.91 Å². The van der Waals surface area contributed by atoms with Crippen molar-refractivity contribution in [3.63, 3.8) is 0 Å². The lowest BCUT2D eigenvalue weighted by Gasteiger charge is -2.36. The number of halogens is 1. The van der Waals surface area contributed by atoms with Crippen molar-refractivity contribution < 1.29 is 9.53 Å². The van der Waals surface area contributed by atoms with Crippen LogP contribution in [0, 0.1) is 0 Å². The number of piperazine rings is 1. The standard InChI is InChI=1S/C15H24N6O2.ClH/c1-16-11-15(22)21-4-2-19(3-5-21)13-10-14(18-12-17-13)20-6-8-23-9-7-20;/h10,12,16H,2-9,11H2,1H3;1H. The number of nitrogens with one attached hydrogen (secondary N) is 1. The smallest absolute Gasteiger partial charge is 0.236 e. The van der Waals surface area contributed by atoms with E-state index in [2.05, 4.69) is 25.1 Å². The van der Waals surface area contributed by atoms with E-state index in [1.807, 2.05) is 11.0 Å². The van der Waals surface area contributed by atoms with Gasteiger partial charge in [-0.3, -0.25) is 4.79 Å². The lowest BCUT2D eigenvalue weighted by molar-refractivity contribution is -0.130. The van der Waals surface area contributed by atoms with Gasteiger partial charge < -0.3 is 24.8 Å². The predicted molar refractivity (Wildman–Crippen MR) is 95.0 cm³/mol. The van der Waals surface area contributed by atoms with E-state index in [1.165, 1.54) is 0 Å². The summed E-state index contributed by atoms with van der Waals surface area (Å²) in [4.78, 5) is 27.0. The number of anilines is 2. The molecule has 134 valence electrons. The number of carbonyl (C=O) groups excluding carboxylic acids is 1. The zero-order valence-electron chi connectivity index (χ0n) is 14.0. The Bertz CT molecular complexity index is 532. The summed E-state index contributed by atoms with van der Waals surface area (Å²) < 4.78 is 5.38. The van der Waals surface area contributed by atoms with E-state index >= 15 is 0 Å². The number of likely N-dealkylation sites (N-methyl/N-ethyl adjacent to an activating group) is 1. The van der Waals surface area contributed by atoms with Gasteiger partial charge in [0.05, 0.1) is 19.8 Å². The van der Waals surface area contributed by atoms with Crippen molar-refractivity contribution in [2.75, 3.05) is 75.9 Å². The van der Waals surface area contributed by atoms with Gasteiger partial charge in [0.1, 0.15) is 18.0 Å². The largest absolute Gasteiger partial charge is 0.378 e. The number of ether oxygens (including phenoxy) is 1. The molecule has 1 N–H and O–H groups in total. The van der Waals surface area contributed by atoms with Crippen LogP contribution in [0.25, 0.3) is 0 Å². The van der Waals surface area contributed by atoms with Crippen molar-refractivity contribution in [3.05, 3.63) is 12.4 Å². The molecule has 0 bridgehead atoms. The number of amides is 1. The number of aromatic nitrogens is 2. The Morgan fingerprint density at radius 1 is 1.08 bits per heavy atom. The minimum Gasteiger partial charge on any atom is -0.378 e. The van der Waals surface area contributed by atoms with Crippen LogP contribution in [0.5, 0.6) is 0 Å². The third kappa shape index (κ3) is 4.46. The molecule has 1 aromatic rings. The van der Waals surface area contributed by atoms with Gasteiger partial charge in [-0.05, 0) is 7.05 Å². The Morgan fingerprint density at radius 2 is 1.67 bits per heavy atom. The van der Waals surface area contributed by atoms with E-state index in [9.17, 15) is 4.79 Å². The maximum Gasteiger partial charge on any atom is 0.236 e. The Morgan fingerprint density at radius 3 is 2.25 bits per heavy atom. The Kier molecular flexibility index (Phi) is 7.01. The summed E-state index contributed by atoms with van der Waals surface area (Å²) in [6.45, 7) is 6.68. The molecule has 24 heavy (non-hydrogen) atoms. The molecule has 0 aromatic carbocycles. The number of carbonyl (C=O) groups is 1. The molecule has 1 aromatic heterocycles. The van der Waals surface area contributed by atoms with Gasteiger partial charge in [0, 0.05) is 45.3 Å². The average molecular weight is 357 g/mol. The van der Waals surface area contributed by atoms with Gasteiger partial charge in [0.15, 0.2) is 0 Å². The van der Waals surface area contributed by atoms with Crippen molar-refractivity contribution in [1.82, 2.24) is 20.2 Å². The number of morpholine rings is 1. The van der Waals surface area contributed by atoms with E-state index in [-0.39, 0.29) is 18.3 Å². The second-order valence-electron chi connectivity index (χ2n) is 5.73. The van der Waals surface area contributed by atoms with Gasteiger partial charge in [-0.2, -0.15) is 0 Å². The molecular weight excluding hydrogens is 332 g/mol. The number of nitrogens with zero attached hydrogens (tertiary/aromatic N) is 5. The first-order valence-corrected chi connectivity index (χ1v) is 8.10. The molecule has 0 saturated carbocycles. The molecule has 2 aliphatic heterocycles. The summed E-state index contributed by atoms with van der Waals surface area (Å²) in [7, 11) is 1.79. The van der Waals surface area contributed by atoms with E-state index in [1.54, 1.807) is 13.4 Å². The summed E-state index contributed by atoms with van der Waals surface area (Å²) in [6, 6.07) is 2.04. The van der Waals surface area contributed by atoms with Crippen molar-refractivity contribution in [3.8, 4) is 0 Å².